The standard InChI is InChI=1S/C14H12F3N3O2S/c15-14(16,17)12-19-20-13(23-12)18-11(21)7-10-9-4-2-1-3-8(9)5-6-22-10/h1-4,10H,5-7H2,(H,18,20,21)/t10-/m1/s1. The molecule has 1 aromatic carbocycles. The highest BCUT2D eigenvalue weighted by atomic mass is 32.1. The number of amides is 1. The molecule has 3 rings (SSSR count). The van der Waals surface area contributed by atoms with Crippen LogP contribution in [0.25, 0.3) is 0 Å². The van der Waals surface area contributed by atoms with Gasteiger partial charge in [0.15, 0.2) is 0 Å². The van der Waals surface area contributed by atoms with Crippen LogP contribution in [0.5, 0.6) is 0 Å². The van der Waals surface area contributed by atoms with Crippen molar-refractivity contribution in [2.75, 3.05) is 11.9 Å². The van der Waals surface area contributed by atoms with Crippen molar-refractivity contribution in [2.24, 2.45) is 0 Å². The maximum atomic E-state index is 12.5. The fourth-order valence-corrected chi connectivity index (χ4v) is 3.00. The molecular formula is C14H12F3N3O2S. The zero-order chi connectivity index (χ0) is 16.4. The highest BCUT2D eigenvalue weighted by molar-refractivity contribution is 7.15. The van der Waals surface area contributed by atoms with Crippen molar-refractivity contribution in [1.29, 1.82) is 0 Å². The van der Waals surface area contributed by atoms with Gasteiger partial charge in [-0.1, -0.05) is 35.6 Å². The zero-order valence-corrected chi connectivity index (χ0v) is 12.6. The van der Waals surface area contributed by atoms with Crippen molar-refractivity contribution >= 4 is 22.4 Å². The van der Waals surface area contributed by atoms with Gasteiger partial charge in [0.25, 0.3) is 0 Å². The quantitative estimate of drug-likeness (QED) is 0.930. The second kappa shape index (κ2) is 6.25. The minimum Gasteiger partial charge on any atom is -0.373 e. The average molecular weight is 343 g/mol. The second-order valence-corrected chi connectivity index (χ2v) is 5.95. The molecule has 0 fully saturated rings. The molecule has 0 saturated carbocycles. The van der Waals surface area contributed by atoms with Crippen molar-refractivity contribution in [2.45, 2.75) is 25.1 Å². The molecule has 2 aromatic rings. The van der Waals surface area contributed by atoms with Gasteiger partial charge in [0.05, 0.1) is 19.1 Å². The first-order chi connectivity index (χ1) is 10.9. The van der Waals surface area contributed by atoms with Gasteiger partial charge >= 0.3 is 6.18 Å². The first-order valence-corrected chi connectivity index (χ1v) is 7.65. The highest BCUT2D eigenvalue weighted by Gasteiger charge is 2.36. The van der Waals surface area contributed by atoms with Crippen LogP contribution in [0.15, 0.2) is 24.3 Å². The Hall–Kier alpha value is -2.00. The lowest BCUT2D eigenvalue weighted by molar-refractivity contribution is -0.138. The second-order valence-electron chi connectivity index (χ2n) is 4.97. The predicted octanol–water partition coefficient (Wildman–Crippen LogP) is 3.20. The molecule has 0 bridgehead atoms. The molecule has 23 heavy (non-hydrogen) atoms. The number of anilines is 1. The molecule has 1 aromatic heterocycles. The number of alkyl halides is 3. The van der Waals surface area contributed by atoms with Gasteiger partial charge in [0.1, 0.15) is 0 Å². The molecule has 0 saturated heterocycles. The predicted molar refractivity (Wildman–Crippen MR) is 77.0 cm³/mol. The topological polar surface area (TPSA) is 64.1 Å². The maximum absolute atomic E-state index is 12.5. The molecule has 0 spiro atoms. The van der Waals surface area contributed by atoms with E-state index in [9.17, 15) is 18.0 Å². The first kappa shape index (κ1) is 15.9. The van der Waals surface area contributed by atoms with E-state index in [2.05, 4.69) is 15.5 Å². The van der Waals surface area contributed by atoms with E-state index < -0.39 is 23.2 Å². The number of nitrogens with zero attached hydrogens (tertiary/aromatic N) is 2. The lowest BCUT2D eigenvalue weighted by Crippen LogP contribution is -2.22. The molecular weight excluding hydrogens is 331 g/mol. The monoisotopic (exact) mass is 343 g/mol. The number of hydrogen-bond donors (Lipinski definition) is 1. The molecule has 5 nitrogen and oxygen atoms in total. The molecule has 122 valence electrons. The van der Waals surface area contributed by atoms with Gasteiger partial charge in [-0.2, -0.15) is 13.2 Å². The molecule has 1 amide bonds. The summed E-state index contributed by atoms with van der Waals surface area (Å²) in [7, 11) is 0. The van der Waals surface area contributed by atoms with Gasteiger partial charge in [-0.3, -0.25) is 4.79 Å². The number of ether oxygens (including phenoxy) is 1. The van der Waals surface area contributed by atoms with Crippen molar-refractivity contribution in [1.82, 2.24) is 10.2 Å². The third kappa shape index (κ3) is 3.67. The summed E-state index contributed by atoms with van der Waals surface area (Å²) in [6, 6.07) is 7.64. The van der Waals surface area contributed by atoms with Crippen molar-refractivity contribution in [3.05, 3.63) is 40.4 Å². The van der Waals surface area contributed by atoms with Crippen LogP contribution in [0.2, 0.25) is 0 Å². The van der Waals surface area contributed by atoms with Crippen LogP contribution in [0.3, 0.4) is 0 Å². The van der Waals surface area contributed by atoms with Crippen LogP contribution < -0.4 is 5.32 Å². The highest BCUT2D eigenvalue weighted by Crippen LogP contribution is 2.34. The molecule has 1 atom stereocenters. The summed E-state index contributed by atoms with van der Waals surface area (Å²) in [6.45, 7) is 0.506. The van der Waals surface area contributed by atoms with Gasteiger partial charge < -0.3 is 10.1 Å². The van der Waals surface area contributed by atoms with E-state index in [1.54, 1.807) is 0 Å². The Morgan fingerprint density at radius 2 is 2.13 bits per heavy atom. The molecule has 1 aliphatic heterocycles. The first-order valence-electron chi connectivity index (χ1n) is 6.83. The Kier molecular flexibility index (Phi) is 4.31. The van der Waals surface area contributed by atoms with Crippen molar-refractivity contribution in [3.63, 3.8) is 0 Å². The number of rotatable bonds is 3. The van der Waals surface area contributed by atoms with Crippen LogP contribution in [0.4, 0.5) is 18.3 Å². The Morgan fingerprint density at radius 3 is 2.87 bits per heavy atom. The lowest BCUT2D eigenvalue weighted by Gasteiger charge is -2.25. The summed E-state index contributed by atoms with van der Waals surface area (Å²) in [6.07, 6.45) is -4.18. The summed E-state index contributed by atoms with van der Waals surface area (Å²) < 4.78 is 43.0. The zero-order valence-electron chi connectivity index (χ0n) is 11.8. The molecule has 2 heterocycles. The van der Waals surface area contributed by atoms with Crippen LogP contribution in [0, 0.1) is 0 Å². The third-order valence-electron chi connectivity index (χ3n) is 3.38. The smallest absolute Gasteiger partial charge is 0.373 e. The van der Waals surface area contributed by atoms with Crippen LogP contribution >= 0.6 is 11.3 Å². The Bertz CT molecular complexity index is 717. The number of benzene rings is 1. The van der Waals surface area contributed by atoms with E-state index in [1.165, 1.54) is 0 Å². The molecule has 0 radical (unpaired) electrons. The number of fused-ring (bicyclic) bond motifs is 1. The van der Waals surface area contributed by atoms with Crippen molar-refractivity contribution < 1.29 is 22.7 Å². The Morgan fingerprint density at radius 1 is 1.35 bits per heavy atom. The normalized spacial score (nSPS) is 17.6. The third-order valence-corrected chi connectivity index (χ3v) is 4.26. The van der Waals surface area contributed by atoms with Gasteiger partial charge in [-0.05, 0) is 17.5 Å². The van der Waals surface area contributed by atoms with Crippen LogP contribution in [0.1, 0.15) is 28.7 Å². The average Bonchev–Trinajstić information content (AvgIpc) is 2.96. The molecule has 1 aliphatic rings. The summed E-state index contributed by atoms with van der Waals surface area (Å²) in [5, 5.41) is 7.43. The number of aromatic nitrogens is 2. The number of halogens is 3. The van der Waals surface area contributed by atoms with E-state index >= 15 is 0 Å². The largest absolute Gasteiger partial charge is 0.445 e. The SMILES string of the molecule is O=C(C[C@H]1OCCc2ccccc21)Nc1nnc(C(F)(F)F)s1. The molecule has 0 aliphatic carbocycles. The van der Waals surface area contributed by atoms with E-state index in [0.717, 1.165) is 17.5 Å². The molecule has 1 N–H and O–H groups in total. The number of carbonyl (C=O) groups excluding carboxylic acids is 1. The minimum atomic E-state index is -4.56. The van der Waals surface area contributed by atoms with Gasteiger partial charge in [0, 0.05) is 0 Å². The fourth-order valence-electron chi connectivity index (χ4n) is 2.37. The summed E-state index contributed by atoms with van der Waals surface area (Å²) in [4.78, 5) is 12.0. The number of nitrogens with one attached hydrogen (secondary N) is 1. The minimum absolute atomic E-state index is 0.0118. The lowest BCUT2D eigenvalue weighted by atomic mass is 9.96. The van der Waals surface area contributed by atoms with Crippen LogP contribution in [-0.4, -0.2) is 22.7 Å². The Balaban J connectivity index is 1.65. The van der Waals surface area contributed by atoms with Gasteiger partial charge in [0.2, 0.25) is 16.0 Å². The summed E-state index contributed by atoms with van der Waals surface area (Å²) in [5.41, 5.74) is 2.05. The van der Waals surface area contributed by atoms with Gasteiger partial charge in [-0.15, -0.1) is 10.2 Å². The molecule has 0 unspecified atom stereocenters. The summed E-state index contributed by atoms with van der Waals surface area (Å²) >= 11 is 0.296. The maximum Gasteiger partial charge on any atom is 0.445 e. The number of hydrogen-bond acceptors (Lipinski definition) is 5. The number of carbonyl (C=O) groups is 1. The summed E-state index contributed by atoms with van der Waals surface area (Å²) in [5.74, 6) is -0.462. The van der Waals surface area contributed by atoms with E-state index in [0.29, 0.717) is 17.9 Å². The Labute approximate surface area is 133 Å². The van der Waals surface area contributed by atoms with Gasteiger partial charge in [-0.25, -0.2) is 0 Å². The van der Waals surface area contributed by atoms with E-state index in [1.807, 2.05) is 24.3 Å². The van der Waals surface area contributed by atoms with Crippen molar-refractivity contribution in [3.8, 4) is 0 Å². The van der Waals surface area contributed by atoms with E-state index in [4.69, 9.17) is 4.74 Å². The van der Waals surface area contributed by atoms with Crippen LogP contribution in [-0.2, 0) is 22.1 Å². The molecule has 9 heteroatoms. The van der Waals surface area contributed by atoms with E-state index in [-0.39, 0.29) is 11.6 Å². The fraction of sp³-hybridized carbons (Fsp3) is 0.357.